The summed E-state index contributed by atoms with van der Waals surface area (Å²) in [6.45, 7) is 1.77. The van der Waals surface area contributed by atoms with Crippen molar-refractivity contribution in [3.63, 3.8) is 0 Å². The number of nitrogens with one attached hydrogen (secondary N) is 2. The molecule has 1 aromatic rings. The monoisotopic (exact) mass is 289 g/mol. The fourth-order valence-electron chi connectivity index (χ4n) is 1.88. The summed E-state index contributed by atoms with van der Waals surface area (Å²) in [5, 5.41) is 6.43. The molecule has 0 atom stereocenters. The average Bonchev–Trinajstić information content (AvgIpc) is 2.49. The normalized spacial score (nSPS) is 14.0. The quantitative estimate of drug-likeness (QED) is 0.811. The minimum atomic E-state index is -0.435. The summed E-state index contributed by atoms with van der Waals surface area (Å²) in [6, 6.07) is 4.83. The number of carbonyl (C=O) groups excluding carboxylic acids is 3. The average molecular weight is 289 g/mol. The van der Waals surface area contributed by atoms with E-state index in [1.54, 1.807) is 25.1 Å². The first-order chi connectivity index (χ1) is 10.0. The standard InChI is InChI=1S/C14H15N3O4/c1-8-7-9(14(20)21-2)3-4-10(8)15-13(19)11-5-6-12(18)17-16-11/h3-4,7H,5-6H2,1-2H3,(H,15,19)(H,17,18). The molecule has 1 heterocycles. The summed E-state index contributed by atoms with van der Waals surface area (Å²) in [4.78, 5) is 34.4. The largest absolute Gasteiger partial charge is 0.465 e. The molecule has 0 spiro atoms. The lowest BCUT2D eigenvalue weighted by Gasteiger charge is -2.13. The number of anilines is 1. The van der Waals surface area contributed by atoms with Crippen LogP contribution >= 0.6 is 0 Å². The van der Waals surface area contributed by atoms with Gasteiger partial charge < -0.3 is 10.1 Å². The van der Waals surface area contributed by atoms with E-state index >= 15 is 0 Å². The molecule has 7 nitrogen and oxygen atoms in total. The molecule has 0 bridgehead atoms. The van der Waals surface area contributed by atoms with Crippen LogP contribution in [0, 0.1) is 6.92 Å². The Bertz CT molecular complexity index is 637. The van der Waals surface area contributed by atoms with Gasteiger partial charge in [0, 0.05) is 18.5 Å². The van der Waals surface area contributed by atoms with Crippen LogP contribution in [-0.4, -0.2) is 30.6 Å². The zero-order valence-corrected chi connectivity index (χ0v) is 11.7. The lowest BCUT2D eigenvalue weighted by Crippen LogP contribution is -2.32. The van der Waals surface area contributed by atoms with Crippen LogP contribution < -0.4 is 10.7 Å². The minimum absolute atomic E-state index is 0.204. The van der Waals surface area contributed by atoms with Crippen LogP contribution in [0.25, 0.3) is 0 Å². The number of nitrogens with zero attached hydrogens (tertiary/aromatic N) is 1. The molecule has 1 aliphatic rings. The Morgan fingerprint density at radius 3 is 2.67 bits per heavy atom. The molecule has 0 aliphatic carbocycles. The van der Waals surface area contributed by atoms with Crippen molar-refractivity contribution >= 4 is 29.2 Å². The van der Waals surface area contributed by atoms with Crippen molar-refractivity contribution in [2.45, 2.75) is 19.8 Å². The smallest absolute Gasteiger partial charge is 0.337 e. The highest BCUT2D eigenvalue weighted by Gasteiger charge is 2.19. The van der Waals surface area contributed by atoms with Crippen molar-refractivity contribution in [3.8, 4) is 0 Å². The number of aryl methyl sites for hydroxylation is 1. The number of esters is 1. The Balaban J connectivity index is 2.11. The summed E-state index contributed by atoms with van der Waals surface area (Å²) >= 11 is 0. The first-order valence-corrected chi connectivity index (χ1v) is 6.37. The van der Waals surface area contributed by atoms with E-state index in [1.165, 1.54) is 7.11 Å². The van der Waals surface area contributed by atoms with Crippen molar-refractivity contribution < 1.29 is 19.1 Å². The van der Waals surface area contributed by atoms with Crippen LogP contribution in [-0.2, 0) is 14.3 Å². The number of methoxy groups -OCH3 is 1. The Hall–Kier alpha value is -2.70. The Morgan fingerprint density at radius 1 is 1.33 bits per heavy atom. The van der Waals surface area contributed by atoms with Crippen molar-refractivity contribution in [2.75, 3.05) is 12.4 Å². The molecule has 0 saturated heterocycles. The first-order valence-electron chi connectivity index (χ1n) is 6.37. The van der Waals surface area contributed by atoms with Gasteiger partial charge in [-0.25, -0.2) is 10.2 Å². The van der Waals surface area contributed by atoms with Gasteiger partial charge in [-0.2, -0.15) is 5.10 Å². The molecular formula is C14H15N3O4. The first kappa shape index (κ1) is 14.7. The van der Waals surface area contributed by atoms with Crippen LogP contribution in [0.3, 0.4) is 0 Å². The molecule has 2 rings (SSSR count). The fourth-order valence-corrected chi connectivity index (χ4v) is 1.88. The van der Waals surface area contributed by atoms with Gasteiger partial charge in [-0.05, 0) is 30.7 Å². The van der Waals surface area contributed by atoms with Crippen LogP contribution in [0.4, 0.5) is 5.69 Å². The Morgan fingerprint density at radius 2 is 2.10 bits per heavy atom. The zero-order chi connectivity index (χ0) is 15.4. The van der Waals surface area contributed by atoms with Crippen molar-refractivity contribution in [1.29, 1.82) is 0 Å². The highest BCUT2D eigenvalue weighted by atomic mass is 16.5. The zero-order valence-electron chi connectivity index (χ0n) is 11.7. The molecule has 2 amide bonds. The van der Waals surface area contributed by atoms with Gasteiger partial charge in [0.25, 0.3) is 5.91 Å². The lowest BCUT2D eigenvalue weighted by atomic mass is 10.1. The predicted octanol–water partition coefficient (Wildman–Crippen LogP) is 0.986. The van der Waals surface area contributed by atoms with Crippen molar-refractivity contribution in [3.05, 3.63) is 29.3 Å². The molecule has 0 aromatic heterocycles. The van der Waals surface area contributed by atoms with E-state index in [9.17, 15) is 14.4 Å². The third-order valence-corrected chi connectivity index (χ3v) is 3.06. The molecule has 0 fully saturated rings. The number of ether oxygens (including phenoxy) is 1. The molecule has 1 aromatic carbocycles. The van der Waals surface area contributed by atoms with E-state index in [0.717, 1.165) is 5.56 Å². The van der Waals surface area contributed by atoms with E-state index in [-0.39, 0.29) is 23.9 Å². The highest BCUT2D eigenvalue weighted by molar-refractivity contribution is 6.43. The summed E-state index contributed by atoms with van der Waals surface area (Å²) in [5.74, 6) is -1.01. The van der Waals surface area contributed by atoms with Crippen LogP contribution in [0.15, 0.2) is 23.3 Å². The molecule has 110 valence electrons. The summed E-state index contributed by atoms with van der Waals surface area (Å²) in [6.07, 6.45) is 0.545. The van der Waals surface area contributed by atoms with Gasteiger partial charge in [-0.15, -0.1) is 0 Å². The second-order valence-corrected chi connectivity index (χ2v) is 4.57. The van der Waals surface area contributed by atoms with Crippen LogP contribution in [0.1, 0.15) is 28.8 Å². The molecule has 2 N–H and O–H groups in total. The van der Waals surface area contributed by atoms with Gasteiger partial charge in [0.05, 0.1) is 12.7 Å². The van der Waals surface area contributed by atoms with E-state index < -0.39 is 5.97 Å². The minimum Gasteiger partial charge on any atom is -0.465 e. The van der Waals surface area contributed by atoms with Crippen molar-refractivity contribution in [2.24, 2.45) is 5.10 Å². The SMILES string of the molecule is COC(=O)c1ccc(NC(=O)C2=NNC(=O)CC2)c(C)c1. The van der Waals surface area contributed by atoms with Gasteiger partial charge in [-0.1, -0.05) is 0 Å². The molecule has 7 heteroatoms. The summed E-state index contributed by atoms with van der Waals surface area (Å²) in [7, 11) is 1.31. The summed E-state index contributed by atoms with van der Waals surface area (Å²) < 4.78 is 4.63. The van der Waals surface area contributed by atoms with Crippen LogP contribution in [0.5, 0.6) is 0 Å². The molecule has 1 aliphatic heterocycles. The van der Waals surface area contributed by atoms with Gasteiger partial charge in [0.2, 0.25) is 5.91 Å². The Kier molecular flexibility index (Phi) is 4.32. The third-order valence-electron chi connectivity index (χ3n) is 3.06. The van der Waals surface area contributed by atoms with E-state index in [1.807, 2.05) is 0 Å². The van der Waals surface area contributed by atoms with Gasteiger partial charge in [0.15, 0.2) is 0 Å². The molecule has 21 heavy (non-hydrogen) atoms. The second-order valence-electron chi connectivity index (χ2n) is 4.57. The van der Waals surface area contributed by atoms with E-state index in [0.29, 0.717) is 17.7 Å². The van der Waals surface area contributed by atoms with Crippen molar-refractivity contribution in [1.82, 2.24) is 5.43 Å². The maximum Gasteiger partial charge on any atom is 0.337 e. The van der Waals surface area contributed by atoms with E-state index in [4.69, 9.17) is 0 Å². The van der Waals surface area contributed by atoms with Gasteiger partial charge in [-0.3, -0.25) is 9.59 Å². The topological polar surface area (TPSA) is 96.9 Å². The number of hydrazone groups is 1. The molecule has 0 unspecified atom stereocenters. The summed E-state index contributed by atoms with van der Waals surface area (Å²) in [5.41, 5.74) is 4.26. The number of hydrogen-bond acceptors (Lipinski definition) is 5. The lowest BCUT2D eigenvalue weighted by molar-refractivity contribution is -0.121. The van der Waals surface area contributed by atoms with Gasteiger partial charge >= 0.3 is 5.97 Å². The number of amides is 2. The fraction of sp³-hybridized carbons (Fsp3) is 0.286. The number of carbonyl (C=O) groups is 3. The predicted molar refractivity (Wildman–Crippen MR) is 76.0 cm³/mol. The number of benzene rings is 1. The molecule has 0 saturated carbocycles. The van der Waals surface area contributed by atoms with Gasteiger partial charge in [0.1, 0.15) is 5.71 Å². The molecular weight excluding hydrogens is 274 g/mol. The number of hydrogen-bond donors (Lipinski definition) is 2. The Labute approximate surface area is 121 Å². The van der Waals surface area contributed by atoms with E-state index in [2.05, 4.69) is 20.6 Å². The second kappa shape index (κ2) is 6.17. The number of rotatable bonds is 3. The third kappa shape index (κ3) is 3.44. The molecule has 0 radical (unpaired) electrons. The maximum atomic E-state index is 12.0. The van der Waals surface area contributed by atoms with Crippen LogP contribution in [0.2, 0.25) is 0 Å². The highest BCUT2D eigenvalue weighted by Crippen LogP contribution is 2.17. The maximum absolute atomic E-state index is 12.0.